The van der Waals surface area contributed by atoms with Crippen LogP contribution in [0.5, 0.6) is 11.5 Å². The molecule has 1 aromatic carbocycles. The summed E-state index contributed by atoms with van der Waals surface area (Å²) >= 11 is 2.93. The van der Waals surface area contributed by atoms with Crippen LogP contribution in [0.1, 0.15) is 6.92 Å². The molecule has 1 atom stereocenters. The number of rotatable bonds is 4. The minimum Gasteiger partial charge on any atom is -0.485 e. The third-order valence-electron chi connectivity index (χ3n) is 2.71. The van der Waals surface area contributed by atoms with E-state index in [1.54, 1.807) is 17.8 Å². The van der Waals surface area contributed by atoms with Gasteiger partial charge >= 0.3 is 0 Å². The summed E-state index contributed by atoms with van der Waals surface area (Å²) < 4.78 is 12.0. The molecule has 0 aliphatic carbocycles. The maximum Gasteiger partial charge on any atom is 0.270 e. The molecular formula is C13H13N3O3S2. The molecular weight excluding hydrogens is 310 g/mol. The fourth-order valence-corrected chi connectivity index (χ4v) is 3.43. The van der Waals surface area contributed by atoms with Crippen molar-refractivity contribution in [3.63, 3.8) is 0 Å². The first-order chi connectivity index (χ1) is 10.3. The molecule has 1 N–H and O–H groups in total. The molecule has 0 radical (unpaired) electrons. The number of nitrogens with one attached hydrogen (secondary N) is 1. The van der Waals surface area contributed by atoms with Crippen molar-refractivity contribution in [2.24, 2.45) is 0 Å². The minimum absolute atomic E-state index is 0.179. The van der Waals surface area contributed by atoms with Crippen LogP contribution in [0.4, 0.5) is 5.13 Å². The first kappa shape index (κ1) is 14.2. The molecule has 0 spiro atoms. The average molecular weight is 323 g/mol. The Labute approximate surface area is 129 Å². The van der Waals surface area contributed by atoms with E-state index in [1.165, 1.54) is 11.3 Å². The van der Waals surface area contributed by atoms with Crippen LogP contribution in [0.15, 0.2) is 28.6 Å². The Morgan fingerprint density at radius 3 is 3.05 bits per heavy atom. The van der Waals surface area contributed by atoms with Gasteiger partial charge in [-0.2, -0.15) is 0 Å². The number of carbonyl (C=O) groups excluding carboxylic acids is 1. The first-order valence-electron chi connectivity index (χ1n) is 6.42. The van der Waals surface area contributed by atoms with Gasteiger partial charge < -0.3 is 9.47 Å². The molecule has 2 aromatic rings. The maximum absolute atomic E-state index is 12.2. The summed E-state index contributed by atoms with van der Waals surface area (Å²) in [6.45, 7) is 2.22. The zero-order valence-electron chi connectivity index (χ0n) is 11.2. The number of thioether (sulfide) groups is 1. The van der Waals surface area contributed by atoms with E-state index in [9.17, 15) is 4.79 Å². The summed E-state index contributed by atoms with van der Waals surface area (Å²) in [5.41, 5.74) is 0. The van der Waals surface area contributed by atoms with Crippen molar-refractivity contribution in [3.8, 4) is 11.5 Å². The number of para-hydroxylation sites is 2. The van der Waals surface area contributed by atoms with E-state index in [4.69, 9.17) is 9.47 Å². The predicted molar refractivity (Wildman–Crippen MR) is 81.3 cm³/mol. The maximum atomic E-state index is 12.2. The standard InChI is InChI=1S/C13H13N3O3S2/c1-2-20-13-16-15-12(21-13)14-11(17)10-7-18-8-5-3-4-6-9(8)19-10/h3-6,10H,2,7H2,1H3,(H,14,15,17). The van der Waals surface area contributed by atoms with Gasteiger partial charge in [0.2, 0.25) is 11.2 Å². The van der Waals surface area contributed by atoms with Gasteiger partial charge in [-0.15, -0.1) is 10.2 Å². The molecule has 1 aliphatic heterocycles. The first-order valence-corrected chi connectivity index (χ1v) is 8.22. The van der Waals surface area contributed by atoms with Gasteiger partial charge in [0.05, 0.1) is 0 Å². The fourth-order valence-electron chi connectivity index (χ4n) is 1.78. The number of aromatic nitrogens is 2. The highest BCUT2D eigenvalue weighted by Gasteiger charge is 2.28. The van der Waals surface area contributed by atoms with Crippen LogP contribution < -0.4 is 14.8 Å². The number of hydrogen-bond donors (Lipinski definition) is 1. The summed E-state index contributed by atoms with van der Waals surface area (Å²) in [5, 5.41) is 11.1. The van der Waals surface area contributed by atoms with Gasteiger partial charge in [0.15, 0.2) is 15.8 Å². The summed E-state index contributed by atoms with van der Waals surface area (Å²) in [6, 6.07) is 7.27. The smallest absolute Gasteiger partial charge is 0.270 e. The van der Waals surface area contributed by atoms with Crippen molar-refractivity contribution in [1.29, 1.82) is 0 Å². The monoisotopic (exact) mass is 323 g/mol. The Balaban J connectivity index is 1.63. The summed E-state index contributed by atoms with van der Waals surface area (Å²) in [4.78, 5) is 12.2. The fraction of sp³-hybridized carbons (Fsp3) is 0.308. The van der Waals surface area contributed by atoms with E-state index in [1.807, 2.05) is 25.1 Å². The Kier molecular flexibility index (Phi) is 4.26. The Bertz CT molecular complexity index is 647. The topological polar surface area (TPSA) is 73.3 Å². The number of hydrogen-bond acceptors (Lipinski definition) is 7. The number of carbonyl (C=O) groups is 1. The van der Waals surface area contributed by atoms with Gasteiger partial charge in [-0.25, -0.2) is 0 Å². The van der Waals surface area contributed by atoms with Crippen molar-refractivity contribution >= 4 is 34.1 Å². The summed E-state index contributed by atoms with van der Waals surface area (Å²) in [6.07, 6.45) is -0.689. The van der Waals surface area contributed by atoms with Crippen LogP contribution >= 0.6 is 23.1 Å². The Morgan fingerprint density at radius 2 is 2.24 bits per heavy atom. The second-order valence-electron chi connectivity index (χ2n) is 4.16. The van der Waals surface area contributed by atoms with E-state index >= 15 is 0 Å². The summed E-state index contributed by atoms with van der Waals surface area (Å²) in [5.74, 6) is 1.86. The zero-order chi connectivity index (χ0) is 14.7. The van der Waals surface area contributed by atoms with Crippen LogP contribution in [-0.4, -0.2) is 34.6 Å². The quantitative estimate of drug-likeness (QED) is 0.688. The number of anilines is 1. The predicted octanol–water partition coefficient (Wildman–Crippen LogP) is 2.43. The number of ether oxygens (including phenoxy) is 2. The molecule has 1 amide bonds. The number of nitrogens with zero attached hydrogens (tertiary/aromatic N) is 2. The molecule has 1 unspecified atom stereocenters. The molecule has 1 aromatic heterocycles. The van der Waals surface area contributed by atoms with Crippen molar-refractivity contribution < 1.29 is 14.3 Å². The third-order valence-corrected chi connectivity index (χ3v) is 4.56. The molecule has 6 nitrogen and oxygen atoms in total. The molecule has 0 saturated heterocycles. The van der Waals surface area contributed by atoms with Crippen LogP contribution in [0.25, 0.3) is 0 Å². The van der Waals surface area contributed by atoms with Crippen molar-refractivity contribution in [1.82, 2.24) is 10.2 Å². The molecule has 0 fully saturated rings. The van der Waals surface area contributed by atoms with E-state index in [-0.39, 0.29) is 12.5 Å². The lowest BCUT2D eigenvalue weighted by Gasteiger charge is -2.25. The highest BCUT2D eigenvalue weighted by atomic mass is 32.2. The SMILES string of the molecule is CCSc1nnc(NC(=O)C2COc3ccccc3O2)s1. The lowest BCUT2D eigenvalue weighted by Crippen LogP contribution is -2.40. The molecule has 21 heavy (non-hydrogen) atoms. The lowest BCUT2D eigenvalue weighted by molar-refractivity contribution is -0.125. The van der Waals surface area contributed by atoms with Crippen LogP contribution in [0.3, 0.4) is 0 Å². The van der Waals surface area contributed by atoms with Crippen molar-refractivity contribution in [3.05, 3.63) is 24.3 Å². The largest absolute Gasteiger partial charge is 0.485 e. The van der Waals surface area contributed by atoms with Gasteiger partial charge in [-0.1, -0.05) is 42.2 Å². The molecule has 0 bridgehead atoms. The second-order valence-corrected chi connectivity index (χ2v) is 6.65. The van der Waals surface area contributed by atoms with E-state index < -0.39 is 6.10 Å². The van der Waals surface area contributed by atoms with Gasteiger partial charge in [-0.05, 0) is 17.9 Å². The van der Waals surface area contributed by atoms with Crippen LogP contribution in [-0.2, 0) is 4.79 Å². The Hall–Kier alpha value is -1.80. The normalized spacial score (nSPS) is 16.5. The van der Waals surface area contributed by atoms with Gasteiger partial charge in [0.25, 0.3) is 5.91 Å². The van der Waals surface area contributed by atoms with E-state index in [2.05, 4.69) is 15.5 Å². The highest BCUT2D eigenvalue weighted by Crippen LogP contribution is 2.31. The van der Waals surface area contributed by atoms with Gasteiger partial charge in [0.1, 0.15) is 6.61 Å². The number of benzene rings is 1. The molecule has 0 saturated carbocycles. The van der Waals surface area contributed by atoms with Crippen LogP contribution in [0.2, 0.25) is 0 Å². The minimum atomic E-state index is -0.689. The average Bonchev–Trinajstić information content (AvgIpc) is 2.94. The number of amides is 1. The lowest BCUT2D eigenvalue weighted by atomic mass is 10.2. The molecule has 3 rings (SSSR count). The molecule has 2 heterocycles. The van der Waals surface area contributed by atoms with Gasteiger partial charge in [-0.3, -0.25) is 10.1 Å². The van der Waals surface area contributed by atoms with E-state index in [0.29, 0.717) is 16.6 Å². The zero-order valence-corrected chi connectivity index (χ0v) is 12.9. The Morgan fingerprint density at radius 1 is 1.43 bits per heavy atom. The van der Waals surface area contributed by atoms with Crippen molar-refractivity contribution in [2.75, 3.05) is 17.7 Å². The van der Waals surface area contributed by atoms with Crippen LogP contribution in [0, 0.1) is 0 Å². The number of fused-ring (bicyclic) bond motifs is 1. The second kappa shape index (κ2) is 6.31. The molecule has 8 heteroatoms. The third kappa shape index (κ3) is 3.27. The van der Waals surface area contributed by atoms with Gasteiger partial charge in [0, 0.05) is 0 Å². The highest BCUT2D eigenvalue weighted by molar-refractivity contribution is 8.01. The summed E-state index contributed by atoms with van der Waals surface area (Å²) in [7, 11) is 0. The van der Waals surface area contributed by atoms with Crippen molar-refractivity contribution in [2.45, 2.75) is 17.4 Å². The molecule has 1 aliphatic rings. The molecule has 110 valence electrons. The van der Waals surface area contributed by atoms with E-state index in [0.717, 1.165) is 10.1 Å².